The Morgan fingerprint density at radius 3 is 2.95 bits per heavy atom. The largest absolute Gasteiger partial charge is 0.399 e. The van der Waals surface area contributed by atoms with Gasteiger partial charge in [-0.05, 0) is 30.4 Å². The highest BCUT2D eigenvalue weighted by molar-refractivity contribution is 7.99. The number of thioether (sulfide) groups is 1. The molecule has 0 aromatic heterocycles. The van der Waals surface area contributed by atoms with Gasteiger partial charge in [0.2, 0.25) is 5.91 Å². The van der Waals surface area contributed by atoms with Gasteiger partial charge in [-0.25, -0.2) is 0 Å². The standard InChI is InChI=1S/C13H19ClN2O2S/c1-18-6-2-7-19-8-5-13(17)16-12-4-3-10(15)9-11(12)14/h3-4,9H,2,5-8,15H2,1H3,(H,16,17). The summed E-state index contributed by atoms with van der Waals surface area (Å²) in [7, 11) is 1.69. The van der Waals surface area contributed by atoms with Crippen molar-refractivity contribution in [3.8, 4) is 0 Å². The van der Waals surface area contributed by atoms with Gasteiger partial charge in [-0.3, -0.25) is 4.79 Å². The van der Waals surface area contributed by atoms with Gasteiger partial charge in [0.1, 0.15) is 0 Å². The lowest BCUT2D eigenvalue weighted by atomic mass is 10.3. The van der Waals surface area contributed by atoms with Crippen molar-refractivity contribution in [2.24, 2.45) is 0 Å². The first kappa shape index (κ1) is 16.1. The van der Waals surface area contributed by atoms with Crippen molar-refractivity contribution < 1.29 is 9.53 Å². The first-order valence-electron chi connectivity index (χ1n) is 6.05. The molecule has 0 saturated heterocycles. The van der Waals surface area contributed by atoms with Gasteiger partial charge in [0.05, 0.1) is 10.7 Å². The zero-order valence-corrected chi connectivity index (χ0v) is 12.5. The van der Waals surface area contributed by atoms with Crippen LogP contribution in [-0.2, 0) is 9.53 Å². The third-order valence-corrected chi connectivity index (χ3v) is 3.76. The molecule has 0 heterocycles. The quantitative estimate of drug-likeness (QED) is 0.572. The maximum atomic E-state index is 11.7. The number of hydrogen-bond donors (Lipinski definition) is 2. The molecule has 0 aliphatic heterocycles. The highest BCUT2D eigenvalue weighted by Gasteiger charge is 2.06. The van der Waals surface area contributed by atoms with Gasteiger partial charge in [0.25, 0.3) is 0 Å². The summed E-state index contributed by atoms with van der Waals surface area (Å²) in [5, 5.41) is 3.23. The number of methoxy groups -OCH3 is 1. The third kappa shape index (κ3) is 6.71. The topological polar surface area (TPSA) is 64.3 Å². The van der Waals surface area contributed by atoms with Crippen LogP contribution < -0.4 is 11.1 Å². The predicted octanol–water partition coefficient (Wildman–Crippen LogP) is 3.02. The lowest BCUT2D eigenvalue weighted by molar-refractivity contribution is -0.115. The van der Waals surface area contributed by atoms with Crippen molar-refractivity contribution >= 4 is 40.6 Å². The number of nitrogens with two attached hydrogens (primary N) is 1. The molecule has 19 heavy (non-hydrogen) atoms. The Hall–Kier alpha value is -0.910. The van der Waals surface area contributed by atoms with Crippen molar-refractivity contribution in [1.82, 2.24) is 0 Å². The fourth-order valence-electron chi connectivity index (χ4n) is 1.42. The summed E-state index contributed by atoms with van der Waals surface area (Å²) in [5.74, 6) is 1.76. The molecule has 3 N–H and O–H groups in total. The van der Waals surface area contributed by atoms with E-state index in [9.17, 15) is 4.79 Å². The molecule has 0 radical (unpaired) electrons. The number of nitrogen functional groups attached to an aromatic ring is 1. The van der Waals surface area contributed by atoms with E-state index in [1.165, 1.54) is 0 Å². The van der Waals surface area contributed by atoms with Crippen LogP contribution in [0.3, 0.4) is 0 Å². The lowest BCUT2D eigenvalue weighted by Gasteiger charge is -2.07. The third-order valence-electron chi connectivity index (χ3n) is 2.38. The van der Waals surface area contributed by atoms with E-state index in [2.05, 4.69) is 5.32 Å². The van der Waals surface area contributed by atoms with Gasteiger partial charge < -0.3 is 15.8 Å². The molecule has 6 heteroatoms. The van der Waals surface area contributed by atoms with Crippen LogP contribution in [0.15, 0.2) is 18.2 Å². The second-order valence-electron chi connectivity index (χ2n) is 4.00. The molecule has 0 aliphatic rings. The molecule has 1 aromatic rings. The summed E-state index contributed by atoms with van der Waals surface area (Å²) in [6.07, 6.45) is 1.48. The van der Waals surface area contributed by atoms with Crippen LogP contribution in [-0.4, -0.2) is 31.1 Å². The summed E-state index contributed by atoms with van der Waals surface area (Å²) < 4.78 is 4.95. The first-order chi connectivity index (χ1) is 9.13. The van der Waals surface area contributed by atoms with Crippen molar-refractivity contribution in [1.29, 1.82) is 0 Å². The second kappa shape index (κ2) is 9.07. The van der Waals surface area contributed by atoms with E-state index >= 15 is 0 Å². The van der Waals surface area contributed by atoms with E-state index in [1.807, 2.05) is 0 Å². The number of ether oxygens (including phenoxy) is 1. The van der Waals surface area contributed by atoms with E-state index in [-0.39, 0.29) is 5.91 Å². The Kier molecular flexibility index (Phi) is 7.70. The predicted molar refractivity (Wildman–Crippen MR) is 82.9 cm³/mol. The molecular weight excluding hydrogens is 284 g/mol. The minimum atomic E-state index is -0.0362. The minimum Gasteiger partial charge on any atom is -0.399 e. The molecule has 1 aromatic carbocycles. The SMILES string of the molecule is COCCCSCCC(=O)Nc1ccc(N)cc1Cl. The second-order valence-corrected chi connectivity index (χ2v) is 5.63. The van der Waals surface area contributed by atoms with Gasteiger partial charge in [0.15, 0.2) is 0 Å². The Bertz CT molecular complexity index is 416. The van der Waals surface area contributed by atoms with Crippen molar-refractivity contribution in [3.05, 3.63) is 23.2 Å². The summed E-state index contributed by atoms with van der Waals surface area (Å²) in [6, 6.07) is 5.04. The average molecular weight is 303 g/mol. The van der Waals surface area contributed by atoms with Crippen LogP contribution in [0.25, 0.3) is 0 Å². The lowest BCUT2D eigenvalue weighted by Crippen LogP contribution is -2.12. The molecule has 0 spiro atoms. The van der Waals surface area contributed by atoms with Crippen molar-refractivity contribution in [2.45, 2.75) is 12.8 Å². The fourth-order valence-corrected chi connectivity index (χ4v) is 2.51. The van der Waals surface area contributed by atoms with Gasteiger partial charge in [-0.15, -0.1) is 0 Å². The molecule has 1 amide bonds. The number of carbonyl (C=O) groups excluding carboxylic acids is 1. The molecule has 0 saturated carbocycles. The molecule has 0 aliphatic carbocycles. The highest BCUT2D eigenvalue weighted by atomic mass is 35.5. The number of carbonyl (C=O) groups is 1. The monoisotopic (exact) mass is 302 g/mol. The van der Waals surface area contributed by atoms with Crippen LogP contribution >= 0.6 is 23.4 Å². The molecule has 0 atom stereocenters. The van der Waals surface area contributed by atoms with E-state index in [4.69, 9.17) is 22.1 Å². The summed E-state index contributed by atoms with van der Waals surface area (Å²) >= 11 is 7.72. The number of anilines is 2. The Labute approximate surface area is 123 Å². The molecule has 1 rings (SSSR count). The molecule has 4 nitrogen and oxygen atoms in total. The maximum absolute atomic E-state index is 11.7. The Morgan fingerprint density at radius 2 is 2.26 bits per heavy atom. The average Bonchev–Trinajstić information content (AvgIpc) is 2.37. The fraction of sp³-hybridized carbons (Fsp3) is 0.462. The molecule has 0 bridgehead atoms. The molecular formula is C13H19ClN2O2S. The van der Waals surface area contributed by atoms with Gasteiger partial charge >= 0.3 is 0 Å². The van der Waals surface area contributed by atoms with Crippen LogP contribution in [0, 0.1) is 0 Å². The first-order valence-corrected chi connectivity index (χ1v) is 7.58. The van der Waals surface area contributed by atoms with Gasteiger partial charge in [-0.1, -0.05) is 11.6 Å². The van der Waals surface area contributed by atoms with E-state index in [0.717, 1.165) is 24.5 Å². The number of halogens is 1. The molecule has 106 valence electrons. The van der Waals surface area contributed by atoms with Gasteiger partial charge in [0, 0.05) is 31.6 Å². The number of rotatable bonds is 8. The minimum absolute atomic E-state index is 0.0362. The van der Waals surface area contributed by atoms with Crippen molar-refractivity contribution in [2.75, 3.05) is 36.3 Å². The molecule has 0 fully saturated rings. The maximum Gasteiger partial charge on any atom is 0.225 e. The van der Waals surface area contributed by atoms with Crippen LogP contribution in [0.4, 0.5) is 11.4 Å². The number of nitrogens with one attached hydrogen (secondary N) is 1. The van der Waals surface area contributed by atoms with Crippen LogP contribution in [0.1, 0.15) is 12.8 Å². The smallest absolute Gasteiger partial charge is 0.225 e. The zero-order valence-electron chi connectivity index (χ0n) is 10.9. The normalized spacial score (nSPS) is 10.4. The Morgan fingerprint density at radius 1 is 1.47 bits per heavy atom. The zero-order chi connectivity index (χ0) is 14.1. The molecule has 0 unspecified atom stereocenters. The number of hydrogen-bond acceptors (Lipinski definition) is 4. The van der Waals surface area contributed by atoms with E-state index < -0.39 is 0 Å². The number of amides is 1. The van der Waals surface area contributed by atoms with Crippen molar-refractivity contribution in [3.63, 3.8) is 0 Å². The van der Waals surface area contributed by atoms with Crippen LogP contribution in [0.5, 0.6) is 0 Å². The summed E-state index contributed by atoms with van der Waals surface area (Å²) in [6.45, 7) is 0.764. The highest BCUT2D eigenvalue weighted by Crippen LogP contribution is 2.24. The number of benzene rings is 1. The van der Waals surface area contributed by atoms with E-state index in [0.29, 0.717) is 22.8 Å². The summed E-state index contributed by atoms with van der Waals surface area (Å²) in [5.41, 5.74) is 6.77. The van der Waals surface area contributed by atoms with Crippen LogP contribution in [0.2, 0.25) is 5.02 Å². The van der Waals surface area contributed by atoms with Gasteiger partial charge in [-0.2, -0.15) is 11.8 Å². The summed E-state index contributed by atoms with van der Waals surface area (Å²) in [4.78, 5) is 11.7. The van der Waals surface area contributed by atoms with E-state index in [1.54, 1.807) is 37.1 Å². The Balaban J connectivity index is 2.23.